The van der Waals surface area contributed by atoms with Crippen LogP contribution in [0.25, 0.3) is 0 Å². The summed E-state index contributed by atoms with van der Waals surface area (Å²) in [6, 6.07) is 11.0. The van der Waals surface area contributed by atoms with Crippen molar-refractivity contribution < 1.29 is 32.3 Å². The highest BCUT2D eigenvalue weighted by Gasteiger charge is 2.48. The van der Waals surface area contributed by atoms with Crippen LogP contribution in [0, 0.1) is 17.3 Å². The number of rotatable bonds is 6. The van der Waals surface area contributed by atoms with Crippen LogP contribution in [0.4, 0.5) is 0 Å². The van der Waals surface area contributed by atoms with Crippen molar-refractivity contribution in [3.8, 4) is 17.6 Å². The number of benzene rings is 2. The lowest BCUT2D eigenvalue weighted by molar-refractivity contribution is -0.127. The number of nitrogens with one attached hydrogen (secondary N) is 1. The number of Topliss-reactive ketones (excluding diaryl/α,β-unsaturated/α-hetero) is 1. The maximum Gasteiger partial charge on any atom is 0.254 e. The minimum absolute atomic E-state index is 0.0850. The molecular formula is C24H21N3O7S. The van der Waals surface area contributed by atoms with E-state index >= 15 is 0 Å². The number of nitrogens with zero attached hydrogens (tertiary/aromatic N) is 1. The Labute approximate surface area is 201 Å². The first kappa shape index (κ1) is 24.1. The van der Waals surface area contributed by atoms with Crippen molar-refractivity contribution in [2.75, 3.05) is 19.4 Å². The van der Waals surface area contributed by atoms with E-state index in [1.807, 2.05) is 0 Å². The van der Waals surface area contributed by atoms with Crippen molar-refractivity contribution in [1.82, 2.24) is 10.2 Å². The molecule has 1 saturated heterocycles. The summed E-state index contributed by atoms with van der Waals surface area (Å²) < 4.78 is 27.4. The normalized spacial score (nSPS) is 19.1. The molecule has 2 aliphatic heterocycles. The minimum Gasteiger partial charge on any atom is -0.497 e. The highest BCUT2D eigenvalue weighted by molar-refractivity contribution is 7.89. The van der Waals surface area contributed by atoms with Gasteiger partial charge in [-0.2, -0.15) is 0 Å². The summed E-state index contributed by atoms with van der Waals surface area (Å²) >= 11 is 0. The molecule has 3 amide bonds. The second-order valence-electron chi connectivity index (χ2n) is 8.38. The van der Waals surface area contributed by atoms with E-state index in [2.05, 4.69) is 17.2 Å². The summed E-state index contributed by atoms with van der Waals surface area (Å²) in [6.07, 6.45) is -0.201. The summed E-state index contributed by atoms with van der Waals surface area (Å²) in [6.45, 7) is 0.183. The van der Waals surface area contributed by atoms with Crippen LogP contribution in [0.5, 0.6) is 5.75 Å². The molecular weight excluding hydrogens is 474 g/mol. The minimum atomic E-state index is -3.96. The number of ether oxygens (including phenoxy) is 1. The van der Waals surface area contributed by atoms with Gasteiger partial charge in [-0.1, -0.05) is 30.0 Å². The van der Waals surface area contributed by atoms with Crippen LogP contribution in [0.2, 0.25) is 0 Å². The summed E-state index contributed by atoms with van der Waals surface area (Å²) in [7, 11) is -2.45. The summed E-state index contributed by atoms with van der Waals surface area (Å²) in [5, 5.41) is 7.17. The number of primary sulfonamides is 1. The van der Waals surface area contributed by atoms with Crippen molar-refractivity contribution in [2.24, 2.45) is 10.6 Å². The van der Waals surface area contributed by atoms with E-state index in [1.165, 1.54) is 36.3 Å². The Kier molecular flexibility index (Phi) is 6.19. The average molecular weight is 496 g/mol. The van der Waals surface area contributed by atoms with E-state index in [0.29, 0.717) is 16.9 Å². The third kappa shape index (κ3) is 5.08. The lowest BCUT2D eigenvalue weighted by atomic mass is 9.85. The standard InChI is InChI=1S/C24H21N3O7S/c1-34-18-7-6-17-12-27(22(30)19(17)10-18)14-24(11-21(29)26-23(24)31)9-8-15-2-4-16(5-3-15)20(28)13-35(25,32)33/h2-7,10H,11-14H2,1H3,(H2,25,32,33)(H,26,29,31)/t24-/m1/s1. The number of sulfonamides is 1. The number of amides is 3. The van der Waals surface area contributed by atoms with Gasteiger partial charge in [0.25, 0.3) is 5.91 Å². The number of ketones is 1. The van der Waals surface area contributed by atoms with E-state index in [0.717, 1.165) is 5.56 Å². The molecule has 2 aliphatic rings. The van der Waals surface area contributed by atoms with Crippen LogP contribution >= 0.6 is 0 Å². The highest BCUT2D eigenvalue weighted by Crippen LogP contribution is 2.33. The first-order valence-corrected chi connectivity index (χ1v) is 12.2. The van der Waals surface area contributed by atoms with Crippen LogP contribution in [0.15, 0.2) is 42.5 Å². The van der Waals surface area contributed by atoms with Gasteiger partial charge in [-0.25, -0.2) is 13.6 Å². The maximum absolute atomic E-state index is 13.0. The van der Waals surface area contributed by atoms with Gasteiger partial charge in [-0.05, 0) is 29.8 Å². The zero-order valence-electron chi connectivity index (χ0n) is 18.7. The molecule has 2 heterocycles. The highest BCUT2D eigenvalue weighted by atomic mass is 32.2. The molecule has 0 saturated carbocycles. The van der Waals surface area contributed by atoms with Gasteiger partial charge in [0.15, 0.2) is 5.78 Å². The molecule has 180 valence electrons. The van der Waals surface area contributed by atoms with E-state index in [-0.39, 0.29) is 31.0 Å². The van der Waals surface area contributed by atoms with Gasteiger partial charge in [0.05, 0.1) is 13.5 Å². The smallest absolute Gasteiger partial charge is 0.254 e. The second-order valence-corrected chi connectivity index (χ2v) is 9.99. The molecule has 11 heteroatoms. The van der Waals surface area contributed by atoms with Crippen molar-refractivity contribution >= 4 is 33.5 Å². The van der Waals surface area contributed by atoms with Gasteiger partial charge in [-0.15, -0.1) is 0 Å². The number of nitrogens with two attached hydrogens (primary N) is 1. The predicted octanol–water partition coefficient (Wildman–Crippen LogP) is 0.207. The Hall–Kier alpha value is -4.01. The maximum atomic E-state index is 13.0. The molecule has 0 unspecified atom stereocenters. The number of fused-ring (bicyclic) bond motifs is 1. The van der Waals surface area contributed by atoms with Crippen molar-refractivity contribution in [2.45, 2.75) is 13.0 Å². The monoisotopic (exact) mass is 495 g/mol. The zero-order valence-corrected chi connectivity index (χ0v) is 19.5. The van der Waals surface area contributed by atoms with Crippen LogP contribution in [-0.2, 0) is 26.2 Å². The van der Waals surface area contributed by atoms with Gasteiger partial charge < -0.3 is 9.64 Å². The van der Waals surface area contributed by atoms with E-state index in [4.69, 9.17) is 9.88 Å². The van der Waals surface area contributed by atoms with Gasteiger partial charge in [0, 0.05) is 29.8 Å². The quantitative estimate of drug-likeness (QED) is 0.330. The fourth-order valence-corrected chi connectivity index (χ4v) is 4.56. The third-order valence-corrected chi connectivity index (χ3v) is 6.46. The molecule has 35 heavy (non-hydrogen) atoms. The Morgan fingerprint density at radius 3 is 2.49 bits per heavy atom. The van der Waals surface area contributed by atoms with Crippen LogP contribution in [0.3, 0.4) is 0 Å². The summed E-state index contributed by atoms with van der Waals surface area (Å²) in [4.78, 5) is 51.3. The molecule has 10 nitrogen and oxygen atoms in total. The largest absolute Gasteiger partial charge is 0.497 e. The van der Waals surface area contributed by atoms with Crippen LogP contribution in [0.1, 0.15) is 38.3 Å². The Bertz CT molecular complexity index is 1420. The molecule has 0 radical (unpaired) electrons. The van der Waals surface area contributed by atoms with E-state index < -0.39 is 38.8 Å². The fraction of sp³-hybridized carbons (Fsp3) is 0.250. The molecule has 0 bridgehead atoms. The molecule has 1 fully saturated rings. The first-order chi connectivity index (χ1) is 16.5. The number of imide groups is 1. The van der Waals surface area contributed by atoms with E-state index in [1.54, 1.807) is 18.2 Å². The van der Waals surface area contributed by atoms with Gasteiger partial charge in [0.1, 0.15) is 16.9 Å². The molecule has 2 aromatic rings. The topological polar surface area (TPSA) is 153 Å². The third-order valence-electron chi connectivity index (χ3n) is 5.79. The van der Waals surface area contributed by atoms with Crippen LogP contribution in [-0.4, -0.2) is 56.2 Å². The van der Waals surface area contributed by atoms with E-state index in [9.17, 15) is 27.6 Å². The van der Waals surface area contributed by atoms with Crippen LogP contribution < -0.4 is 15.2 Å². The average Bonchev–Trinajstić information content (AvgIpc) is 3.26. The van der Waals surface area contributed by atoms with Gasteiger partial charge in [0.2, 0.25) is 21.8 Å². The SMILES string of the molecule is COc1ccc2c(c1)C(=O)N(C[C@@]1(C#Cc3ccc(C(=O)CS(N)(=O)=O)cc3)CC(=O)NC1=O)C2. The first-order valence-electron chi connectivity index (χ1n) is 10.5. The van der Waals surface area contributed by atoms with Crippen molar-refractivity contribution in [3.05, 3.63) is 64.7 Å². The molecule has 2 aromatic carbocycles. The lowest BCUT2D eigenvalue weighted by Crippen LogP contribution is -2.42. The predicted molar refractivity (Wildman–Crippen MR) is 124 cm³/mol. The number of carbonyl (C=O) groups excluding carboxylic acids is 4. The number of hydrogen-bond donors (Lipinski definition) is 2. The Morgan fingerprint density at radius 2 is 1.89 bits per heavy atom. The molecule has 3 N–H and O–H groups in total. The van der Waals surface area contributed by atoms with Gasteiger partial charge in [-0.3, -0.25) is 24.5 Å². The number of methoxy groups -OCH3 is 1. The zero-order chi connectivity index (χ0) is 25.4. The number of carbonyl (C=O) groups is 4. The molecule has 4 rings (SSSR count). The molecule has 1 atom stereocenters. The molecule has 0 aromatic heterocycles. The van der Waals surface area contributed by atoms with Crippen molar-refractivity contribution in [1.29, 1.82) is 0 Å². The Balaban J connectivity index is 1.58. The molecule has 0 spiro atoms. The number of hydrogen-bond acceptors (Lipinski definition) is 7. The Morgan fingerprint density at radius 1 is 1.17 bits per heavy atom. The summed E-state index contributed by atoms with van der Waals surface area (Å²) in [5.74, 6) is 3.42. The summed E-state index contributed by atoms with van der Waals surface area (Å²) in [5.41, 5.74) is 0.384. The van der Waals surface area contributed by atoms with Crippen molar-refractivity contribution in [3.63, 3.8) is 0 Å². The lowest BCUT2D eigenvalue weighted by Gasteiger charge is -2.25. The van der Waals surface area contributed by atoms with Gasteiger partial charge >= 0.3 is 0 Å². The fourth-order valence-electron chi connectivity index (χ4n) is 4.03. The molecule has 0 aliphatic carbocycles. The second kappa shape index (κ2) is 8.98.